The summed E-state index contributed by atoms with van der Waals surface area (Å²) in [5, 5.41) is 13.2. The third-order valence-electron chi connectivity index (χ3n) is 4.22. The first-order valence-corrected chi connectivity index (χ1v) is 8.92. The van der Waals surface area contributed by atoms with Crippen LogP contribution in [0, 0.1) is 0 Å². The number of nitrogens with zero attached hydrogens (tertiary/aromatic N) is 2. The highest BCUT2D eigenvalue weighted by Gasteiger charge is 2.15. The van der Waals surface area contributed by atoms with Gasteiger partial charge in [0.25, 0.3) is 11.8 Å². The number of pyridine rings is 1. The van der Waals surface area contributed by atoms with Crippen molar-refractivity contribution >= 4 is 34.5 Å². The van der Waals surface area contributed by atoms with Crippen molar-refractivity contribution in [3.63, 3.8) is 0 Å². The molecule has 2 amide bonds. The molecular formula is C22H17N5O2. The van der Waals surface area contributed by atoms with E-state index in [0.29, 0.717) is 16.8 Å². The lowest BCUT2D eigenvalue weighted by Crippen LogP contribution is -2.30. The van der Waals surface area contributed by atoms with Crippen molar-refractivity contribution in [3.05, 3.63) is 96.1 Å². The minimum absolute atomic E-state index is 0.110. The Morgan fingerprint density at radius 2 is 1.83 bits per heavy atom. The van der Waals surface area contributed by atoms with Gasteiger partial charge in [0.05, 0.1) is 11.7 Å². The van der Waals surface area contributed by atoms with Gasteiger partial charge in [-0.25, -0.2) is 0 Å². The molecule has 2 aromatic carbocycles. The number of carbonyl (C=O) groups is 2. The van der Waals surface area contributed by atoms with Crippen LogP contribution in [0.1, 0.15) is 15.9 Å². The fourth-order valence-corrected chi connectivity index (χ4v) is 2.79. The van der Waals surface area contributed by atoms with Crippen molar-refractivity contribution in [2.75, 3.05) is 5.32 Å². The standard InChI is InChI=1S/C22H17N5O2/c28-21(16-6-2-1-3-7-16)26-20(11-15-5-4-10-23-13-15)22(29)25-18-8-9-19-17(12-18)14-24-27-19/h1-14H,(H,24,27)(H,25,29)(H,26,28)/b20-11-. The van der Waals surface area contributed by atoms with Gasteiger partial charge in [-0.1, -0.05) is 24.3 Å². The second-order valence-corrected chi connectivity index (χ2v) is 6.29. The maximum atomic E-state index is 12.9. The fraction of sp³-hybridized carbons (Fsp3) is 0. The molecular weight excluding hydrogens is 366 g/mol. The van der Waals surface area contributed by atoms with E-state index in [1.54, 1.807) is 73.2 Å². The summed E-state index contributed by atoms with van der Waals surface area (Å²) in [5.41, 5.74) is 2.72. The predicted molar refractivity (Wildman–Crippen MR) is 111 cm³/mol. The van der Waals surface area contributed by atoms with Crippen molar-refractivity contribution in [3.8, 4) is 0 Å². The summed E-state index contributed by atoms with van der Waals surface area (Å²) in [4.78, 5) is 29.5. The van der Waals surface area contributed by atoms with Gasteiger partial charge >= 0.3 is 0 Å². The average molecular weight is 383 g/mol. The molecule has 0 radical (unpaired) electrons. The molecule has 3 N–H and O–H groups in total. The van der Waals surface area contributed by atoms with E-state index >= 15 is 0 Å². The van der Waals surface area contributed by atoms with Crippen molar-refractivity contribution in [1.82, 2.24) is 20.5 Å². The topological polar surface area (TPSA) is 99.8 Å². The molecule has 7 nitrogen and oxygen atoms in total. The van der Waals surface area contributed by atoms with Crippen LogP contribution in [-0.2, 0) is 4.79 Å². The molecule has 0 unspecified atom stereocenters. The molecule has 0 fully saturated rings. The lowest BCUT2D eigenvalue weighted by atomic mass is 10.2. The molecule has 142 valence electrons. The molecule has 0 aliphatic carbocycles. The first kappa shape index (κ1) is 18.1. The fourth-order valence-electron chi connectivity index (χ4n) is 2.79. The Morgan fingerprint density at radius 3 is 2.62 bits per heavy atom. The van der Waals surface area contributed by atoms with E-state index in [-0.39, 0.29) is 11.6 Å². The molecule has 0 bridgehead atoms. The molecule has 4 aromatic rings. The van der Waals surface area contributed by atoms with Gasteiger partial charge in [0.15, 0.2) is 0 Å². The monoisotopic (exact) mass is 383 g/mol. The molecule has 2 aromatic heterocycles. The molecule has 4 rings (SSSR count). The number of nitrogens with one attached hydrogen (secondary N) is 3. The number of aromatic nitrogens is 3. The third-order valence-corrected chi connectivity index (χ3v) is 4.22. The molecule has 0 spiro atoms. The van der Waals surface area contributed by atoms with E-state index in [9.17, 15) is 9.59 Å². The number of anilines is 1. The smallest absolute Gasteiger partial charge is 0.272 e. The molecule has 0 saturated carbocycles. The summed E-state index contributed by atoms with van der Waals surface area (Å²) in [6.07, 6.45) is 6.51. The Morgan fingerprint density at radius 1 is 0.966 bits per heavy atom. The minimum atomic E-state index is -0.444. The lowest BCUT2D eigenvalue weighted by molar-refractivity contribution is -0.113. The number of benzene rings is 2. The number of hydrogen-bond donors (Lipinski definition) is 3. The normalized spacial score (nSPS) is 11.2. The summed E-state index contributed by atoms with van der Waals surface area (Å²) in [6.45, 7) is 0. The van der Waals surface area contributed by atoms with Crippen LogP contribution in [0.5, 0.6) is 0 Å². The molecule has 0 atom stereocenters. The Balaban J connectivity index is 1.60. The second-order valence-electron chi connectivity index (χ2n) is 6.29. The van der Waals surface area contributed by atoms with Gasteiger partial charge in [-0.05, 0) is 48.0 Å². The van der Waals surface area contributed by atoms with Crippen molar-refractivity contribution < 1.29 is 9.59 Å². The number of amides is 2. The van der Waals surface area contributed by atoms with E-state index in [1.165, 1.54) is 0 Å². The zero-order valence-corrected chi connectivity index (χ0v) is 15.3. The van der Waals surface area contributed by atoms with Gasteiger partial charge in [-0.3, -0.25) is 19.7 Å². The summed E-state index contributed by atoms with van der Waals surface area (Å²) >= 11 is 0. The van der Waals surface area contributed by atoms with Crippen LogP contribution in [-0.4, -0.2) is 27.0 Å². The van der Waals surface area contributed by atoms with Gasteiger partial charge in [0, 0.05) is 29.0 Å². The Bertz CT molecular complexity index is 1180. The minimum Gasteiger partial charge on any atom is -0.321 e. The molecule has 2 heterocycles. The number of aromatic amines is 1. The van der Waals surface area contributed by atoms with Crippen LogP contribution in [0.2, 0.25) is 0 Å². The number of fused-ring (bicyclic) bond motifs is 1. The van der Waals surface area contributed by atoms with Crippen molar-refractivity contribution in [2.24, 2.45) is 0 Å². The predicted octanol–water partition coefficient (Wildman–Crippen LogP) is 3.37. The van der Waals surface area contributed by atoms with Gasteiger partial charge in [-0.15, -0.1) is 0 Å². The van der Waals surface area contributed by atoms with E-state index in [0.717, 1.165) is 10.9 Å². The third kappa shape index (κ3) is 4.36. The van der Waals surface area contributed by atoms with E-state index < -0.39 is 5.91 Å². The number of H-pyrrole nitrogens is 1. The highest BCUT2D eigenvalue weighted by atomic mass is 16.2. The van der Waals surface area contributed by atoms with E-state index in [1.807, 2.05) is 12.1 Å². The molecule has 29 heavy (non-hydrogen) atoms. The van der Waals surface area contributed by atoms with E-state index in [4.69, 9.17) is 0 Å². The summed E-state index contributed by atoms with van der Waals surface area (Å²) < 4.78 is 0. The molecule has 0 saturated heterocycles. The second kappa shape index (κ2) is 8.18. The van der Waals surface area contributed by atoms with Crippen molar-refractivity contribution in [2.45, 2.75) is 0 Å². The summed E-state index contributed by atoms with van der Waals surface area (Å²) in [7, 11) is 0. The summed E-state index contributed by atoms with van der Waals surface area (Å²) in [5.74, 6) is -0.817. The molecule has 7 heteroatoms. The number of carbonyl (C=O) groups excluding carboxylic acids is 2. The van der Waals surface area contributed by atoms with Crippen LogP contribution in [0.4, 0.5) is 5.69 Å². The maximum Gasteiger partial charge on any atom is 0.272 e. The number of rotatable bonds is 5. The van der Waals surface area contributed by atoms with Crippen LogP contribution in [0.3, 0.4) is 0 Å². The highest BCUT2D eigenvalue weighted by Crippen LogP contribution is 2.17. The van der Waals surface area contributed by atoms with Crippen LogP contribution < -0.4 is 10.6 Å². The number of hydrogen-bond acceptors (Lipinski definition) is 4. The Kier molecular flexibility index (Phi) is 5.11. The Hall–Kier alpha value is -4.26. The Labute approximate surface area is 166 Å². The van der Waals surface area contributed by atoms with Gasteiger partial charge in [0.2, 0.25) is 0 Å². The van der Waals surface area contributed by atoms with Gasteiger partial charge in [0.1, 0.15) is 5.70 Å². The molecule has 0 aliphatic rings. The largest absolute Gasteiger partial charge is 0.321 e. The highest BCUT2D eigenvalue weighted by molar-refractivity contribution is 6.11. The SMILES string of the molecule is O=C(Nc1ccc2[nH]ncc2c1)/C(=C/c1cccnc1)NC(=O)c1ccccc1. The first-order valence-electron chi connectivity index (χ1n) is 8.92. The van der Waals surface area contributed by atoms with Gasteiger partial charge in [-0.2, -0.15) is 5.10 Å². The van der Waals surface area contributed by atoms with Crippen LogP contribution in [0.15, 0.2) is 85.0 Å². The zero-order valence-electron chi connectivity index (χ0n) is 15.3. The first-order chi connectivity index (χ1) is 14.2. The molecule has 0 aliphatic heterocycles. The lowest BCUT2D eigenvalue weighted by Gasteiger charge is -2.11. The quantitative estimate of drug-likeness (QED) is 0.460. The van der Waals surface area contributed by atoms with Crippen LogP contribution >= 0.6 is 0 Å². The van der Waals surface area contributed by atoms with Crippen molar-refractivity contribution in [1.29, 1.82) is 0 Å². The van der Waals surface area contributed by atoms with E-state index in [2.05, 4.69) is 25.8 Å². The average Bonchev–Trinajstić information content (AvgIpc) is 3.22. The maximum absolute atomic E-state index is 12.9. The zero-order chi connectivity index (χ0) is 20.1. The van der Waals surface area contributed by atoms with Gasteiger partial charge < -0.3 is 10.6 Å². The van der Waals surface area contributed by atoms with Crippen LogP contribution in [0.25, 0.3) is 17.0 Å². The summed E-state index contributed by atoms with van der Waals surface area (Å²) in [6, 6.07) is 17.7.